The second-order valence-electron chi connectivity index (χ2n) is 9.55. The lowest BCUT2D eigenvalue weighted by atomic mass is 9.71. The standard InChI is InChI=1S/C24H27N5O7S2/c1-13(2)10-11-24(27-23(25)32)16-7-5-4-6-15(16)20(30)19(21(24)31)22-26-17-9-8-14(28-37(3,33)34)12-18(17)38(35,36)29-22/h4-9,12-13,28,30H,10-11H2,1-3H3,(H,26,29)(H3,25,27,32). The zero-order chi connectivity index (χ0) is 28.0. The van der Waals surface area contributed by atoms with E-state index < -0.39 is 54.6 Å². The summed E-state index contributed by atoms with van der Waals surface area (Å²) >= 11 is 0. The lowest BCUT2D eigenvalue weighted by molar-refractivity contribution is -0.121. The highest BCUT2D eigenvalue weighted by molar-refractivity contribution is 7.92. The lowest BCUT2D eigenvalue weighted by Gasteiger charge is -2.39. The molecule has 2 aromatic carbocycles. The molecule has 2 aliphatic rings. The number of amides is 2. The minimum absolute atomic E-state index is 0.00151. The van der Waals surface area contributed by atoms with Crippen molar-refractivity contribution in [3.63, 3.8) is 0 Å². The van der Waals surface area contributed by atoms with E-state index in [1.807, 2.05) is 13.8 Å². The van der Waals surface area contributed by atoms with Gasteiger partial charge in [0.1, 0.15) is 21.8 Å². The monoisotopic (exact) mass is 561 g/mol. The number of anilines is 2. The van der Waals surface area contributed by atoms with Crippen LogP contribution in [0.2, 0.25) is 0 Å². The minimum Gasteiger partial charge on any atom is -0.506 e. The second-order valence-corrected chi connectivity index (χ2v) is 12.9. The van der Waals surface area contributed by atoms with Crippen molar-refractivity contribution in [1.82, 2.24) is 5.32 Å². The van der Waals surface area contributed by atoms with Crippen molar-refractivity contribution >= 4 is 54.8 Å². The largest absolute Gasteiger partial charge is 0.506 e. The van der Waals surface area contributed by atoms with E-state index in [0.29, 0.717) is 12.0 Å². The summed E-state index contributed by atoms with van der Waals surface area (Å²) < 4.78 is 55.4. The van der Waals surface area contributed by atoms with E-state index in [1.165, 1.54) is 12.1 Å². The second kappa shape index (κ2) is 9.44. The van der Waals surface area contributed by atoms with Crippen LogP contribution in [-0.4, -0.2) is 45.8 Å². The summed E-state index contributed by atoms with van der Waals surface area (Å²) in [5.74, 6) is -1.61. The van der Waals surface area contributed by atoms with E-state index in [9.17, 15) is 31.5 Å². The van der Waals surface area contributed by atoms with Crippen molar-refractivity contribution < 1.29 is 31.5 Å². The topological polar surface area (TPSA) is 197 Å². The summed E-state index contributed by atoms with van der Waals surface area (Å²) in [5, 5.41) is 16.5. The van der Waals surface area contributed by atoms with Gasteiger partial charge in [-0.05, 0) is 42.5 Å². The summed E-state index contributed by atoms with van der Waals surface area (Å²) in [4.78, 5) is 25.9. The Hall–Kier alpha value is -3.91. The van der Waals surface area contributed by atoms with Crippen LogP contribution in [0.3, 0.4) is 0 Å². The molecule has 1 aliphatic heterocycles. The first-order valence-electron chi connectivity index (χ1n) is 11.5. The van der Waals surface area contributed by atoms with Crippen LogP contribution in [0, 0.1) is 5.92 Å². The molecule has 1 aliphatic carbocycles. The van der Waals surface area contributed by atoms with Gasteiger partial charge >= 0.3 is 6.03 Å². The Balaban J connectivity index is 1.89. The number of nitrogens with one attached hydrogen (secondary N) is 3. The number of fused-ring (bicyclic) bond motifs is 2. The SMILES string of the molecule is CC(C)CCC1(NC(N)=O)C(=O)C(C2=NS(=O)(=O)c3cc(NS(C)(=O)=O)ccc3N2)=C(O)c2ccccc21. The van der Waals surface area contributed by atoms with Gasteiger partial charge in [0.25, 0.3) is 10.0 Å². The number of carbonyl (C=O) groups is 2. The summed E-state index contributed by atoms with van der Waals surface area (Å²) in [6.07, 6.45) is 1.53. The van der Waals surface area contributed by atoms with Crippen LogP contribution in [0.5, 0.6) is 0 Å². The number of Topliss-reactive ketones (excluding diaryl/α,β-unsaturated/α-hetero) is 1. The fourth-order valence-corrected chi connectivity index (χ4v) is 6.26. The highest BCUT2D eigenvalue weighted by atomic mass is 32.2. The van der Waals surface area contributed by atoms with Gasteiger partial charge in [0.2, 0.25) is 10.0 Å². The maximum Gasteiger partial charge on any atom is 0.313 e. The van der Waals surface area contributed by atoms with Crippen molar-refractivity contribution in [3.8, 4) is 0 Å². The Labute approximate surface area is 220 Å². The molecular weight excluding hydrogens is 534 g/mol. The molecule has 0 saturated carbocycles. The first-order chi connectivity index (χ1) is 17.6. The van der Waals surface area contributed by atoms with Gasteiger partial charge in [-0.25, -0.2) is 13.2 Å². The number of nitrogens with two attached hydrogens (primary N) is 1. The number of sulfonamides is 2. The normalized spacial score (nSPS) is 20.2. The third-order valence-corrected chi connectivity index (χ3v) is 8.11. The van der Waals surface area contributed by atoms with Gasteiger partial charge in [0.15, 0.2) is 11.6 Å². The van der Waals surface area contributed by atoms with Crippen LogP contribution in [-0.2, 0) is 30.4 Å². The van der Waals surface area contributed by atoms with Crippen molar-refractivity contribution in [2.45, 2.75) is 37.1 Å². The van der Waals surface area contributed by atoms with Crippen LogP contribution in [0.15, 0.2) is 57.3 Å². The zero-order valence-corrected chi connectivity index (χ0v) is 22.4. The molecule has 1 unspecified atom stereocenters. The molecular formula is C24H27N5O7S2. The average molecular weight is 562 g/mol. The number of aliphatic hydroxyl groups excluding tert-OH is 1. The first-order valence-corrected chi connectivity index (χ1v) is 14.9. The van der Waals surface area contributed by atoms with Gasteiger partial charge in [-0.3, -0.25) is 9.52 Å². The number of primary amides is 1. The number of ketones is 1. The molecule has 0 saturated heterocycles. The Bertz CT molecular complexity index is 1630. The first kappa shape index (κ1) is 27.1. The molecule has 0 radical (unpaired) electrons. The van der Waals surface area contributed by atoms with Crippen LogP contribution >= 0.6 is 0 Å². The third-order valence-electron chi connectivity index (χ3n) is 6.19. The highest BCUT2D eigenvalue weighted by Crippen LogP contribution is 2.43. The van der Waals surface area contributed by atoms with Gasteiger partial charge in [0.05, 0.1) is 11.9 Å². The third kappa shape index (κ3) is 4.96. The van der Waals surface area contributed by atoms with E-state index in [1.54, 1.807) is 24.3 Å². The van der Waals surface area contributed by atoms with Crippen LogP contribution < -0.4 is 21.1 Å². The molecule has 1 heterocycles. The lowest BCUT2D eigenvalue weighted by Crippen LogP contribution is -2.57. The average Bonchev–Trinajstić information content (AvgIpc) is 2.80. The van der Waals surface area contributed by atoms with Crippen molar-refractivity contribution in [3.05, 3.63) is 59.2 Å². The van der Waals surface area contributed by atoms with E-state index in [0.717, 1.165) is 12.3 Å². The maximum atomic E-state index is 14.1. The van der Waals surface area contributed by atoms with Crippen molar-refractivity contribution in [2.75, 3.05) is 16.3 Å². The number of hydrogen-bond acceptors (Lipinski definition) is 8. The minimum atomic E-state index is -4.45. The van der Waals surface area contributed by atoms with Crippen LogP contribution in [0.25, 0.3) is 5.76 Å². The number of urea groups is 1. The summed E-state index contributed by atoms with van der Waals surface area (Å²) in [6, 6.07) is 9.16. The zero-order valence-electron chi connectivity index (χ0n) is 20.8. The maximum absolute atomic E-state index is 14.1. The number of rotatable bonds is 7. The Morgan fingerprint density at radius 1 is 1.21 bits per heavy atom. The number of amidine groups is 1. The molecule has 6 N–H and O–H groups in total. The van der Waals surface area contributed by atoms with Crippen molar-refractivity contribution in [2.24, 2.45) is 16.0 Å². The molecule has 2 amide bonds. The quantitative estimate of drug-likeness (QED) is 0.339. The molecule has 0 spiro atoms. The summed E-state index contributed by atoms with van der Waals surface area (Å²) in [6.45, 7) is 3.88. The van der Waals surface area contributed by atoms with Gasteiger partial charge in [-0.1, -0.05) is 38.1 Å². The molecule has 0 bridgehead atoms. The Morgan fingerprint density at radius 2 is 1.89 bits per heavy atom. The number of nitrogens with zero attached hydrogens (tertiary/aromatic N) is 1. The number of aliphatic hydroxyl groups is 1. The fraction of sp³-hybridized carbons (Fsp3) is 0.292. The molecule has 12 nitrogen and oxygen atoms in total. The molecule has 14 heteroatoms. The predicted octanol–water partition coefficient (Wildman–Crippen LogP) is 2.42. The predicted molar refractivity (Wildman–Crippen MR) is 143 cm³/mol. The molecule has 0 fully saturated rings. The van der Waals surface area contributed by atoms with Gasteiger partial charge in [-0.15, -0.1) is 4.40 Å². The number of carbonyl (C=O) groups excluding carboxylic acids is 2. The molecule has 0 aromatic heterocycles. The Kier molecular flexibility index (Phi) is 6.74. The van der Waals surface area contributed by atoms with Crippen LogP contribution in [0.1, 0.15) is 37.8 Å². The molecule has 38 heavy (non-hydrogen) atoms. The fourth-order valence-electron chi connectivity index (χ4n) is 4.55. The van der Waals surface area contributed by atoms with E-state index in [-0.39, 0.29) is 34.2 Å². The Morgan fingerprint density at radius 3 is 2.53 bits per heavy atom. The molecule has 202 valence electrons. The van der Waals surface area contributed by atoms with Crippen molar-refractivity contribution in [1.29, 1.82) is 0 Å². The van der Waals surface area contributed by atoms with Crippen LogP contribution in [0.4, 0.5) is 16.2 Å². The number of hydrogen-bond donors (Lipinski definition) is 5. The molecule has 2 aromatic rings. The molecule has 4 rings (SSSR count). The van der Waals surface area contributed by atoms with E-state index in [4.69, 9.17) is 5.73 Å². The van der Waals surface area contributed by atoms with E-state index in [2.05, 4.69) is 19.8 Å². The van der Waals surface area contributed by atoms with Gasteiger partial charge < -0.3 is 21.5 Å². The van der Waals surface area contributed by atoms with E-state index >= 15 is 0 Å². The van der Waals surface area contributed by atoms with Gasteiger partial charge in [0, 0.05) is 11.3 Å². The highest BCUT2D eigenvalue weighted by Gasteiger charge is 2.50. The smallest absolute Gasteiger partial charge is 0.313 e. The molecule has 1 atom stereocenters. The van der Waals surface area contributed by atoms with Gasteiger partial charge in [-0.2, -0.15) is 8.42 Å². The summed E-state index contributed by atoms with van der Waals surface area (Å²) in [5.41, 5.74) is 3.90. The summed E-state index contributed by atoms with van der Waals surface area (Å²) in [7, 11) is -8.13. The number of benzene rings is 2.